The fourth-order valence-electron chi connectivity index (χ4n) is 3.69. The molecule has 1 amide bonds. The van der Waals surface area contributed by atoms with Gasteiger partial charge in [-0.1, -0.05) is 11.6 Å². The van der Waals surface area contributed by atoms with Gasteiger partial charge in [-0.15, -0.1) is 0 Å². The fraction of sp³-hybridized carbons (Fsp3) is 0.474. The van der Waals surface area contributed by atoms with E-state index in [1.54, 1.807) is 30.2 Å². The van der Waals surface area contributed by atoms with Crippen LogP contribution in [-0.4, -0.2) is 47.1 Å². The van der Waals surface area contributed by atoms with Gasteiger partial charge in [-0.25, -0.2) is 4.39 Å². The highest BCUT2D eigenvalue weighted by molar-refractivity contribution is 6.35. The normalized spacial score (nSPS) is 17.8. The third kappa shape index (κ3) is 3.23. The number of amides is 1. The third-order valence-electron chi connectivity index (χ3n) is 5.36. The first-order valence-corrected chi connectivity index (χ1v) is 9.30. The largest absolute Gasteiger partial charge is 0.397 e. The van der Waals surface area contributed by atoms with Gasteiger partial charge in [0.05, 0.1) is 27.8 Å². The number of pyridine rings is 1. The molecular formula is C19H24ClFN4O. The molecule has 0 aliphatic carbocycles. The van der Waals surface area contributed by atoms with E-state index >= 15 is 4.39 Å². The first kappa shape index (κ1) is 18.9. The molecule has 0 bridgehead atoms. The predicted molar refractivity (Wildman–Crippen MR) is 103 cm³/mol. The van der Waals surface area contributed by atoms with E-state index in [2.05, 4.69) is 10.3 Å². The van der Waals surface area contributed by atoms with Crippen molar-refractivity contribution in [2.24, 2.45) is 0 Å². The molecule has 0 saturated carbocycles. The Bertz CT molecular complexity index is 823. The van der Waals surface area contributed by atoms with E-state index in [1.165, 1.54) is 6.07 Å². The lowest BCUT2D eigenvalue weighted by molar-refractivity contribution is 0.0117. The number of aromatic nitrogens is 1. The van der Waals surface area contributed by atoms with Gasteiger partial charge in [0.15, 0.2) is 0 Å². The van der Waals surface area contributed by atoms with E-state index < -0.39 is 11.7 Å². The maximum atomic E-state index is 15.4. The van der Waals surface area contributed by atoms with Crippen LogP contribution in [0.4, 0.5) is 10.1 Å². The van der Waals surface area contributed by atoms with E-state index in [4.69, 9.17) is 17.3 Å². The summed E-state index contributed by atoms with van der Waals surface area (Å²) in [7, 11) is 0. The summed E-state index contributed by atoms with van der Waals surface area (Å²) >= 11 is 6.23. The molecule has 2 heterocycles. The molecule has 1 aliphatic heterocycles. The molecule has 0 spiro atoms. The first-order chi connectivity index (χ1) is 12.4. The molecule has 1 atom stereocenters. The Morgan fingerprint density at radius 1 is 1.50 bits per heavy atom. The number of fused-ring (bicyclic) bond motifs is 1. The molecule has 140 valence electrons. The highest BCUT2D eigenvalue weighted by Crippen LogP contribution is 2.34. The number of nitrogen functional groups attached to an aromatic ring is 1. The van der Waals surface area contributed by atoms with Crippen LogP contribution < -0.4 is 11.1 Å². The minimum Gasteiger partial charge on any atom is -0.397 e. The molecule has 1 saturated heterocycles. The number of nitrogens with zero attached hydrogens (tertiary/aromatic N) is 2. The maximum absolute atomic E-state index is 15.4. The number of carbonyl (C=O) groups is 1. The van der Waals surface area contributed by atoms with Gasteiger partial charge in [-0.2, -0.15) is 0 Å². The van der Waals surface area contributed by atoms with Crippen molar-refractivity contribution >= 4 is 34.1 Å². The van der Waals surface area contributed by atoms with Crippen LogP contribution >= 0.6 is 11.6 Å². The van der Waals surface area contributed by atoms with Crippen LogP contribution in [0, 0.1) is 0 Å². The smallest absolute Gasteiger partial charge is 0.256 e. The predicted octanol–water partition coefficient (Wildman–Crippen LogP) is 3.41. The van der Waals surface area contributed by atoms with Gasteiger partial charge in [-0.3, -0.25) is 9.78 Å². The number of anilines is 1. The minimum atomic E-state index is -1.41. The second-order valence-corrected chi connectivity index (χ2v) is 7.18. The van der Waals surface area contributed by atoms with Crippen LogP contribution in [0.15, 0.2) is 24.4 Å². The van der Waals surface area contributed by atoms with Crippen LogP contribution in [0.1, 0.15) is 37.0 Å². The van der Waals surface area contributed by atoms with Gasteiger partial charge in [0.1, 0.15) is 5.67 Å². The number of alkyl halides is 1. The highest BCUT2D eigenvalue weighted by Gasteiger charge is 2.42. The van der Waals surface area contributed by atoms with Crippen molar-refractivity contribution in [2.75, 3.05) is 25.4 Å². The number of nitrogens with one attached hydrogen (secondary N) is 1. The molecule has 26 heavy (non-hydrogen) atoms. The quantitative estimate of drug-likeness (QED) is 0.800. The zero-order valence-corrected chi connectivity index (χ0v) is 15.8. The van der Waals surface area contributed by atoms with Crippen LogP contribution in [0.2, 0.25) is 5.02 Å². The zero-order valence-electron chi connectivity index (χ0n) is 15.1. The van der Waals surface area contributed by atoms with Crippen molar-refractivity contribution < 1.29 is 9.18 Å². The van der Waals surface area contributed by atoms with Crippen molar-refractivity contribution in [1.29, 1.82) is 0 Å². The Kier molecular flexibility index (Phi) is 5.34. The molecular weight excluding hydrogens is 355 g/mol. The number of rotatable bonds is 4. The lowest BCUT2D eigenvalue weighted by atomic mass is 9.86. The maximum Gasteiger partial charge on any atom is 0.256 e. The van der Waals surface area contributed by atoms with Gasteiger partial charge >= 0.3 is 0 Å². The summed E-state index contributed by atoms with van der Waals surface area (Å²) in [5, 5.41) is 4.09. The Morgan fingerprint density at radius 3 is 2.85 bits per heavy atom. The summed E-state index contributed by atoms with van der Waals surface area (Å²) < 4.78 is 15.4. The minimum absolute atomic E-state index is 0.277. The van der Waals surface area contributed by atoms with E-state index in [9.17, 15) is 4.79 Å². The van der Waals surface area contributed by atoms with Crippen molar-refractivity contribution in [1.82, 2.24) is 15.2 Å². The summed E-state index contributed by atoms with van der Waals surface area (Å²) in [4.78, 5) is 19.2. The number of nitrogens with two attached hydrogens (primary N) is 1. The molecule has 1 fully saturated rings. The number of halogens is 2. The van der Waals surface area contributed by atoms with Crippen LogP contribution in [-0.2, 0) is 0 Å². The van der Waals surface area contributed by atoms with Gasteiger partial charge < -0.3 is 16.0 Å². The Balaban J connectivity index is 2.02. The number of hydrogen-bond donors (Lipinski definition) is 2. The van der Waals surface area contributed by atoms with Crippen molar-refractivity contribution in [3.63, 3.8) is 0 Å². The molecule has 1 aromatic carbocycles. The summed E-state index contributed by atoms with van der Waals surface area (Å²) in [6.45, 7) is 5.26. The van der Waals surface area contributed by atoms with Crippen LogP contribution in [0.25, 0.3) is 10.9 Å². The lowest BCUT2D eigenvalue weighted by Gasteiger charge is -2.41. The molecule has 2 aromatic rings. The second kappa shape index (κ2) is 7.37. The fourth-order valence-corrected chi connectivity index (χ4v) is 3.90. The summed E-state index contributed by atoms with van der Waals surface area (Å²) in [5.41, 5.74) is 5.86. The molecule has 1 aliphatic rings. The Hall–Kier alpha value is -1.92. The van der Waals surface area contributed by atoms with E-state index in [1.807, 2.05) is 6.92 Å². The van der Waals surface area contributed by atoms with Gasteiger partial charge in [0.2, 0.25) is 0 Å². The van der Waals surface area contributed by atoms with E-state index in [-0.39, 0.29) is 5.91 Å². The van der Waals surface area contributed by atoms with Gasteiger partial charge in [0, 0.05) is 18.1 Å². The molecule has 7 heteroatoms. The number of benzene rings is 1. The van der Waals surface area contributed by atoms with E-state index in [0.717, 1.165) is 0 Å². The molecule has 0 radical (unpaired) electrons. The standard InChI is InChI=1S/C19H24ClFN4O/c1-3-25(12(2)19(21)6-9-23-10-7-19)18(26)14-11-15(20)16(22)13-5-4-8-24-17(13)14/h4-5,8,11-12,23H,3,6-7,9-10,22H2,1-2H3. The summed E-state index contributed by atoms with van der Waals surface area (Å²) in [6.07, 6.45) is 2.38. The van der Waals surface area contributed by atoms with E-state index in [0.29, 0.717) is 59.7 Å². The van der Waals surface area contributed by atoms with Crippen molar-refractivity contribution in [3.8, 4) is 0 Å². The van der Waals surface area contributed by atoms with Crippen LogP contribution in [0.5, 0.6) is 0 Å². The topological polar surface area (TPSA) is 71.2 Å². The second-order valence-electron chi connectivity index (χ2n) is 6.77. The van der Waals surface area contributed by atoms with Crippen LogP contribution in [0.3, 0.4) is 0 Å². The first-order valence-electron chi connectivity index (χ1n) is 8.92. The lowest BCUT2D eigenvalue weighted by Crippen LogP contribution is -2.54. The van der Waals surface area contributed by atoms with Crippen molar-refractivity contribution in [2.45, 2.75) is 38.4 Å². The molecule has 3 N–H and O–H groups in total. The monoisotopic (exact) mass is 378 g/mol. The average molecular weight is 379 g/mol. The Morgan fingerprint density at radius 2 is 2.19 bits per heavy atom. The molecule has 1 unspecified atom stereocenters. The number of carbonyl (C=O) groups excluding carboxylic acids is 1. The molecule has 5 nitrogen and oxygen atoms in total. The summed E-state index contributed by atoms with van der Waals surface area (Å²) in [5.74, 6) is -0.277. The summed E-state index contributed by atoms with van der Waals surface area (Å²) in [6, 6.07) is 4.52. The third-order valence-corrected chi connectivity index (χ3v) is 5.68. The zero-order chi connectivity index (χ0) is 18.9. The number of hydrogen-bond acceptors (Lipinski definition) is 4. The molecule has 3 rings (SSSR count). The number of piperidine rings is 1. The van der Waals surface area contributed by atoms with Crippen molar-refractivity contribution in [3.05, 3.63) is 35.0 Å². The average Bonchev–Trinajstić information content (AvgIpc) is 2.65. The highest BCUT2D eigenvalue weighted by atomic mass is 35.5. The van der Waals surface area contributed by atoms with Gasteiger partial charge in [0.25, 0.3) is 5.91 Å². The Labute approximate surface area is 157 Å². The van der Waals surface area contributed by atoms with Gasteiger partial charge in [-0.05, 0) is 58.0 Å². The molecule has 1 aromatic heterocycles. The SMILES string of the molecule is CCN(C(=O)c1cc(Cl)c(N)c2cccnc12)C(C)C1(F)CCNCC1.